The third-order valence-corrected chi connectivity index (χ3v) is 10.6. The van der Waals surface area contributed by atoms with Crippen LogP contribution in [0.15, 0.2) is 9.98 Å². The zero-order valence-electron chi connectivity index (χ0n) is 28.9. The molecule has 3 atom stereocenters. The maximum absolute atomic E-state index is 13.7. The maximum Gasteiger partial charge on any atom is 0.427 e. The molecule has 0 aromatic heterocycles. The monoisotopic (exact) mass is 703 g/mol. The number of carbonyl (C=O) groups excluding carboxylic acids is 6. The molecule has 2 aliphatic heterocycles. The number of quaternary nitrogens is 1. The van der Waals surface area contributed by atoms with Gasteiger partial charge >= 0.3 is 24.1 Å². The minimum absolute atomic E-state index is 0.213. The summed E-state index contributed by atoms with van der Waals surface area (Å²) in [5, 5.41) is 8.73. The molecule has 0 saturated carbocycles. The number of isocyanates is 2. The first-order valence-corrected chi connectivity index (χ1v) is 21.0. The molecule has 0 aromatic rings. The van der Waals surface area contributed by atoms with E-state index in [1.165, 1.54) is 9.80 Å². The first-order valence-electron chi connectivity index (χ1n) is 17.6. The Hall–Kier alpha value is -3.17. The van der Waals surface area contributed by atoms with E-state index in [1.807, 2.05) is 0 Å². The lowest BCUT2D eigenvalue weighted by molar-refractivity contribution is -0.795. The summed E-state index contributed by atoms with van der Waals surface area (Å²) in [4.78, 5) is 86.9. The van der Waals surface area contributed by atoms with Crippen molar-refractivity contribution in [2.75, 3.05) is 39.3 Å². The van der Waals surface area contributed by atoms with Crippen LogP contribution in [0.3, 0.4) is 0 Å². The van der Waals surface area contributed by atoms with E-state index in [9.17, 15) is 28.8 Å². The largest absolute Gasteiger partial charge is 0.427 e. The van der Waals surface area contributed by atoms with Crippen LogP contribution in [-0.4, -0.2) is 121 Å². The second-order valence-electron chi connectivity index (χ2n) is 12.3. The number of aliphatic imine (C=N–C) groups is 2. The van der Waals surface area contributed by atoms with E-state index in [1.54, 1.807) is 12.2 Å². The van der Waals surface area contributed by atoms with Crippen molar-refractivity contribution in [3.05, 3.63) is 0 Å². The molecule has 14 nitrogen and oxygen atoms in total. The van der Waals surface area contributed by atoms with Crippen LogP contribution in [0.25, 0.3) is 0 Å². The number of amides is 8. The lowest BCUT2D eigenvalue weighted by Crippen LogP contribution is -2.68. The number of likely N-dealkylation sites (tertiary alicyclic amines) is 2. The summed E-state index contributed by atoms with van der Waals surface area (Å²) in [6.45, 7) is 6.39. The highest BCUT2D eigenvalue weighted by molar-refractivity contribution is 6.33. The summed E-state index contributed by atoms with van der Waals surface area (Å²) in [5.74, 6) is 0. The van der Waals surface area contributed by atoms with Crippen molar-refractivity contribution in [2.45, 2.75) is 127 Å². The molecular formula is C32H55N8O6Si2+. The third-order valence-electron chi connectivity index (χ3n) is 8.90. The van der Waals surface area contributed by atoms with Crippen LogP contribution >= 0.6 is 0 Å². The Morgan fingerprint density at radius 2 is 1.35 bits per heavy atom. The Morgan fingerprint density at radius 1 is 0.750 bits per heavy atom. The Morgan fingerprint density at radius 3 is 2.02 bits per heavy atom. The highest BCUT2D eigenvalue weighted by Gasteiger charge is 2.52. The van der Waals surface area contributed by atoms with Crippen molar-refractivity contribution >= 4 is 55.3 Å². The van der Waals surface area contributed by atoms with Crippen LogP contribution in [-0.2, 0) is 9.59 Å². The zero-order valence-corrected chi connectivity index (χ0v) is 30.9. The van der Waals surface area contributed by atoms with E-state index < -0.39 is 40.9 Å². The molecule has 266 valence electrons. The molecule has 3 N–H and O–H groups in total. The fourth-order valence-corrected chi connectivity index (χ4v) is 7.28. The van der Waals surface area contributed by atoms with Gasteiger partial charge in [-0.2, -0.15) is 4.99 Å². The number of hydrogen-bond acceptors (Lipinski definition) is 8. The average molecular weight is 704 g/mol. The molecule has 8 amide bonds. The number of hydrogen-bond donors (Lipinski definition) is 3. The lowest BCUT2D eigenvalue weighted by atomic mass is 10.2. The van der Waals surface area contributed by atoms with Gasteiger partial charge in [0.05, 0.1) is 6.54 Å². The number of imide groups is 2. The predicted molar refractivity (Wildman–Crippen MR) is 185 cm³/mol. The molecule has 0 bridgehead atoms. The molecule has 2 saturated heterocycles. The second kappa shape index (κ2) is 24.0. The summed E-state index contributed by atoms with van der Waals surface area (Å²) >= 11 is 0. The number of rotatable bonds is 17. The lowest BCUT2D eigenvalue weighted by Gasteiger charge is -2.35. The van der Waals surface area contributed by atoms with E-state index in [0.29, 0.717) is 64.7 Å². The molecule has 0 aromatic carbocycles. The summed E-state index contributed by atoms with van der Waals surface area (Å²) in [6.07, 6.45) is 11.9. The molecule has 2 rings (SSSR count). The molecule has 4 radical (unpaired) electrons. The Bertz CT molecular complexity index is 1120. The van der Waals surface area contributed by atoms with Crippen molar-refractivity contribution < 1.29 is 33.3 Å². The highest BCUT2D eigenvalue weighted by Crippen LogP contribution is 2.27. The molecule has 0 aliphatic carbocycles. The Labute approximate surface area is 290 Å². The minimum Gasteiger partial charge on any atom is -0.338 e. The van der Waals surface area contributed by atoms with E-state index in [4.69, 9.17) is 0 Å². The first kappa shape index (κ1) is 41.0. The summed E-state index contributed by atoms with van der Waals surface area (Å²) in [5.41, 5.74) is 0. The molecule has 2 fully saturated rings. The molecular weight excluding hydrogens is 649 g/mol. The van der Waals surface area contributed by atoms with Gasteiger partial charge in [-0.3, -0.25) is 0 Å². The fourth-order valence-electron chi connectivity index (χ4n) is 6.21. The van der Waals surface area contributed by atoms with Crippen molar-refractivity contribution in [1.29, 1.82) is 0 Å². The van der Waals surface area contributed by atoms with Crippen LogP contribution in [0.4, 0.5) is 19.2 Å². The normalized spacial score (nSPS) is 21.0. The fraction of sp³-hybridized carbons (Fsp3) is 0.812. The molecule has 0 spiro atoms. The third kappa shape index (κ3) is 13.0. The Kier molecular flexibility index (Phi) is 20.5. The van der Waals surface area contributed by atoms with Crippen molar-refractivity contribution in [3.63, 3.8) is 0 Å². The Balaban J connectivity index is 1.99. The van der Waals surface area contributed by atoms with Gasteiger partial charge in [0.15, 0.2) is 0 Å². The topological polar surface area (TPSA) is 170 Å². The van der Waals surface area contributed by atoms with Crippen molar-refractivity contribution in [1.82, 2.24) is 25.8 Å². The van der Waals surface area contributed by atoms with Crippen LogP contribution in [0.1, 0.15) is 89.9 Å². The van der Waals surface area contributed by atoms with Gasteiger partial charge in [-0.15, -0.1) is 9.48 Å². The van der Waals surface area contributed by atoms with Gasteiger partial charge in [-0.1, -0.05) is 44.4 Å². The summed E-state index contributed by atoms with van der Waals surface area (Å²) < 4.78 is -0.569. The minimum atomic E-state index is -0.809. The van der Waals surface area contributed by atoms with E-state index in [-0.39, 0.29) is 13.1 Å². The van der Waals surface area contributed by atoms with Gasteiger partial charge in [0.2, 0.25) is 18.3 Å². The van der Waals surface area contributed by atoms with Gasteiger partial charge in [-0.25, -0.2) is 33.7 Å². The molecule has 48 heavy (non-hydrogen) atoms. The van der Waals surface area contributed by atoms with Gasteiger partial charge in [0.25, 0.3) is 0 Å². The highest BCUT2D eigenvalue weighted by atomic mass is 28.2. The van der Waals surface area contributed by atoms with E-state index >= 15 is 0 Å². The zero-order chi connectivity index (χ0) is 35.0. The smallest absolute Gasteiger partial charge is 0.338 e. The average Bonchev–Trinajstić information content (AvgIpc) is 3.45. The number of nitrogens with one attached hydrogen (secondary N) is 3. The molecule has 2 aliphatic rings. The summed E-state index contributed by atoms with van der Waals surface area (Å²) in [6, 6.07) is 0.208. The van der Waals surface area contributed by atoms with Crippen molar-refractivity contribution in [3.8, 4) is 0 Å². The van der Waals surface area contributed by atoms with Gasteiger partial charge < -0.3 is 20.9 Å². The van der Waals surface area contributed by atoms with Gasteiger partial charge in [-0.05, 0) is 64.2 Å². The number of carbonyl (C=O) groups is 4. The second-order valence-corrected chi connectivity index (χ2v) is 14.8. The van der Waals surface area contributed by atoms with Gasteiger partial charge in [0, 0.05) is 58.2 Å². The van der Waals surface area contributed by atoms with Crippen LogP contribution < -0.4 is 16.0 Å². The van der Waals surface area contributed by atoms with Crippen LogP contribution in [0.5, 0.6) is 0 Å². The molecule has 3 unspecified atom stereocenters. The van der Waals surface area contributed by atoms with Crippen LogP contribution in [0, 0.1) is 0 Å². The molecule has 16 heteroatoms. The van der Waals surface area contributed by atoms with Gasteiger partial charge in [0.1, 0.15) is 6.17 Å². The number of unbranched alkanes of at least 4 members (excludes halogenated alkanes) is 3. The SMILES string of the molecule is C[Si]CCCNC(=O)N(CCCCCCNC(=O)[N+]1(C(=O)NCCC[Si]C)CCCCCC1N=C=O)C(=O)N1CCCCCC1N=C=O. The van der Waals surface area contributed by atoms with Crippen molar-refractivity contribution in [2.24, 2.45) is 9.98 Å². The standard InChI is InChI=1S/C32H54N8O6Si2/c1-47-23-13-18-33-29(43)39(32(46)38-20-11-5-7-15-27(38)36-25-41)21-10-4-3-9-17-34-30(44)40(31(45)35-19-14-24-48-2)22-12-6-8-16-28(40)37-26-42/h27-28H,3-24H2,1-2H3,(H2-,33,34,35,43,44,45)/p+1. The molecule has 2 heterocycles. The number of urea groups is 4. The summed E-state index contributed by atoms with van der Waals surface area (Å²) in [7, 11) is 1.57. The first-order chi connectivity index (χ1) is 23.4. The van der Waals surface area contributed by atoms with Crippen LogP contribution in [0.2, 0.25) is 25.2 Å². The van der Waals surface area contributed by atoms with E-state index in [0.717, 1.165) is 82.5 Å². The van der Waals surface area contributed by atoms with E-state index in [2.05, 4.69) is 39.0 Å². The maximum atomic E-state index is 13.7. The quantitative estimate of drug-likeness (QED) is 0.0646. The number of nitrogens with zero attached hydrogens (tertiary/aromatic N) is 5. The predicted octanol–water partition coefficient (Wildman–Crippen LogP) is 4.81.